The van der Waals surface area contributed by atoms with Gasteiger partial charge in [0.1, 0.15) is 5.75 Å². The van der Waals surface area contributed by atoms with Crippen LogP contribution in [0.1, 0.15) is 53.5 Å². The smallest absolute Gasteiger partial charge is 0.118 e. The molecule has 2 heteroatoms. The minimum atomic E-state index is 0.157. The van der Waals surface area contributed by atoms with Crippen molar-refractivity contribution in [2.75, 3.05) is 7.11 Å². The largest absolute Gasteiger partial charge is 0.497 e. The summed E-state index contributed by atoms with van der Waals surface area (Å²) in [7, 11) is 1.70. The van der Waals surface area contributed by atoms with Crippen LogP contribution in [0.3, 0.4) is 0 Å². The Kier molecular flexibility index (Phi) is 5.64. The third-order valence-corrected chi connectivity index (χ3v) is 3.31. The summed E-state index contributed by atoms with van der Waals surface area (Å²) < 4.78 is 5.19. The normalized spacial score (nSPS) is 14.2. The summed E-state index contributed by atoms with van der Waals surface area (Å²) >= 11 is 0. The fourth-order valence-electron chi connectivity index (χ4n) is 3.21. The zero-order chi connectivity index (χ0) is 15.4. The summed E-state index contributed by atoms with van der Waals surface area (Å²) in [6, 6.07) is 8.81. The summed E-state index contributed by atoms with van der Waals surface area (Å²) in [4.78, 5) is 0. The Hall–Kier alpha value is -1.02. The van der Waals surface area contributed by atoms with Gasteiger partial charge in [0.2, 0.25) is 0 Å². The molecule has 0 fully saturated rings. The van der Waals surface area contributed by atoms with Crippen molar-refractivity contribution >= 4 is 0 Å². The van der Waals surface area contributed by atoms with E-state index < -0.39 is 0 Å². The molecule has 1 N–H and O–H groups in total. The van der Waals surface area contributed by atoms with E-state index >= 15 is 0 Å². The number of nitrogens with one attached hydrogen (secondary N) is 1. The molecular weight excluding hydrogens is 246 g/mol. The monoisotopic (exact) mass is 277 g/mol. The van der Waals surface area contributed by atoms with Crippen molar-refractivity contribution in [2.45, 2.75) is 66.0 Å². The predicted octanol–water partition coefficient (Wildman–Crippen LogP) is 4.43. The fraction of sp³-hybridized carbons (Fsp3) is 0.667. The first kappa shape index (κ1) is 17.0. The molecule has 0 saturated carbocycles. The molecule has 0 aromatic heterocycles. The van der Waals surface area contributed by atoms with Crippen LogP contribution in [0.15, 0.2) is 24.3 Å². The van der Waals surface area contributed by atoms with E-state index in [1.807, 2.05) is 12.1 Å². The minimum absolute atomic E-state index is 0.157. The van der Waals surface area contributed by atoms with Crippen LogP contribution in [0.2, 0.25) is 0 Å². The Morgan fingerprint density at radius 1 is 1.05 bits per heavy atom. The Morgan fingerprint density at radius 3 is 2.05 bits per heavy atom. The molecule has 0 spiro atoms. The van der Waals surface area contributed by atoms with Crippen LogP contribution in [0.4, 0.5) is 0 Å². The van der Waals surface area contributed by atoms with E-state index in [1.165, 1.54) is 5.56 Å². The summed E-state index contributed by atoms with van der Waals surface area (Å²) in [6.45, 7) is 13.7. The zero-order valence-corrected chi connectivity index (χ0v) is 14.2. The van der Waals surface area contributed by atoms with E-state index in [-0.39, 0.29) is 5.54 Å². The molecule has 1 aromatic rings. The highest BCUT2D eigenvalue weighted by Crippen LogP contribution is 2.27. The molecular formula is C18H31NO. The van der Waals surface area contributed by atoms with Crippen molar-refractivity contribution in [1.82, 2.24) is 5.32 Å². The second-order valence-electron chi connectivity index (χ2n) is 7.72. The maximum Gasteiger partial charge on any atom is 0.118 e. The molecule has 20 heavy (non-hydrogen) atoms. The standard InChI is InChI=1S/C18H31NO/c1-14(19-18(5,6)13-17(2,3)4)12-15-8-10-16(20-7)11-9-15/h8-11,14,19H,12-13H2,1-7H3. The first-order valence-electron chi connectivity index (χ1n) is 7.52. The van der Waals surface area contributed by atoms with Crippen molar-refractivity contribution in [3.63, 3.8) is 0 Å². The number of rotatable bonds is 6. The first-order valence-corrected chi connectivity index (χ1v) is 7.52. The molecule has 0 aliphatic carbocycles. The van der Waals surface area contributed by atoms with Crippen LogP contribution in [-0.4, -0.2) is 18.7 Å². The number of ether oxygens (including phenoxy) is 1. The van der Waals surface area contributed by atoms with Gasteiger partial charge in [-0.15, -0.1) is 0 Å². The number of hydrogen-bond acceptors (Lipinski definition) is 2. The molecule has 1 aromatic carbocycles. The Bertz CT molecular complexity index is 400. The zero-order valence-electron chi connectivity index (χ0n) is 14.2. The molecule has 114 valence electrons. The maximum absolute atomic E-state index is 5.19. The topological polar surface area (TPSA) is 21.3 Å². The van der Waals surface area contributed by atoms with Crippen molar-refractivity contribution in [3.05, 3.63) is 29.8 Å². The van der Waals surface area contributed by atoms with Gasteiger partial charge in [-0.05, 0) is 56.7 Å². The van der Waals surface area contributed by atoms with E-state index in [4.69, 9.17) is 4.74 Å². The van der Waals surface area contributed by atoms with Gasteiger partial charge in [0, 0.05) is 11.6 Å². The lowest BCUT2D eigenvalue weighted by Gasteiger charge is -2.36. The molecule has 0 aliphatic rings. The fourth-order valence-corrected chi connectivity index (χ4v) is 3.21. The van der Waals surface area contributed by atoms with Gasteiger partial charge in [0.25, 0.3) is 0 Å². The molecule has 0 aliphatic heterocycles. The summed E-state index contributed by atoms with van der Waals surface area (Å²) in [6.07, 6.45) is 2.20. The summed E-state index contributed by atoms with van der Waals surface area (Å²) in [5.74, 6) is 0.919. The maximum atomic E-state index is 5.19. The third-order valence-electron chi connectivity index (χ3n) is 3.31. The highest BCUT2D eigenvalue weighted by Gasteiger charge is 2.26. The number of benzene rings is 1. The molecule has 0 bridgehead atoms. The predicted molar refractivity (Wildman–Crippen MR) is 87.4 cm³/mol. The minimum Gasteiger partial charge on any atom is -0.497 e. The second kappa shape index (κ2) is 6.62. The van der Waals surface area contributed by atoms with Crippen LogP contribution in [0.5, 0.6) is 5.75 Å². The van der Waals surface area contributed by atoms with E-state index in [0.717, 1.165) is 18.6 Å². The van der Waals surface area contributed by atoms with Crippen LogP contribution in [-0.2, 0) is 6.42 Å². The second-order valence-corrected chi connectivity index (χ2v) is 7.72. The van der Waals surface area contributed by atoms with Gasteiger partial charge in [-0.2, -0.15) is 0 Å². The SMILES string of the molecule is COc1ccc(CC(C)NC(C)(C)CC(C)(C)C)cc1. The number of methoxy groups -OCH3 is 1. The van der Waals surface area contributed by atoms with Gasteiger partial charge in [-0.1, -0.05) is 32.9 Å². The lowest BCUT2D eigenvalue weighted by molar-refractivity contribution is 0.226. The van der Waals surface area contributed by atoms with E-state index in [2.05, 4.69) is 59.0 Å². The van der Waals surface area contributed by atoms with Gasteiger partial charge >= 0.3 is 0 Å². The molecule has 0 radical (unpaired) electrons. The van der Waals surface area contributed by atoms with Crippen LogP contribution < -0.4 is 10.1 Å². The highest BCUT2D eigenvalue weighted by atomic mass is 16.5. The lowest BCUT2D eigenvalue weighted by atomic mass is 9.81. The molecule has 1 rings (SSSR count). The van der Waals surface area contributed by atoms with Crippen LogP contribution >= 0.6 is 0 Å². The van der Waals surface area contributed by atoms with Crippen molar-refractivity contribution in [1.29, 1.82) is 0 Å². The Labute approximate surface area is 124 Å². The van der Waals surface area contributed by atoms with E-state index in [0.29, 0.717) is 11.5 Å². The Balaban J connectivity index is 2.55. The van der Waals surface area contributed by atoms with Crippen molar-refractivity contribution in [2.24, 2.45) is 5.41 Å². The molecule has 0 heterocycles. The van der Waals surface area contributed by atoms with Gasteiger partial charge in [-0.25, -0.2) is 0 Å². The summed E-state index contributed by atoms with van der Waals surface area (Å²) in [5.41, 5.74) is 1.85. The molecule has 0 amide bonds. The molecule has 1 unspecified atom stereocenters. The van der Waals surface area contributed by atoms with Gasteiger partial charge in [0.05, 0.1) is 7.11 Å². The van der Waals surface area contributed by atoms with Crippen LogP contribution in [0, 0.1) is 5.41 Å². The average molecular weight is 277 g/mol. The quantitative estimate of drug-likeness (QED) is 0.830. The van der Waals surface area contributed by atoms with Crippen LogP contribution in [0.25, 0.3) is 0 Å². The lowest BCUT2D eigenvalue weighted by Crippen LogP contribution is -2.47. The highest BCUT2D eigenvalue weighted by molar-refractivity contribution is 5.27. The molecule has 2 nitrogen and oxygen atoms in total. The van der Waals surface area contributed by atoms with Gasteiger partial charge in [0.15, 0.2) is 0 Å². The van der Waals surface area contributed by atoms with Crippen molar-refractivity contribution < 1.29 is 4.74 Å². The average Bonchev–Trinajstić information content (AvgIpc) is 2.25. The number of hydrogen-bond donors (Lipinski definition) is 1. The Morgan fingerprint density at radius 2 is 1.60 bits per heavy atom. The van der Waals surface area contributed by atoms with E-state index in [1.54, 1.807) is 7.11 Å². The molecule has 1 atom stereocenters. The van der Waals surface area contributed by atoms with E-state index in [9.17, 15) is 0 Å². The van der Waals surface area contributed by atoms with Gasteiger partial charge in [-0.3, -0.25) is 0 Å². The van der Waals surface area contributed by atoms with Crippen molar-refractivity contribution in [3.8, 4) is 5.75 Å². The first-order chi connectivity index (χ1) is 9.11. The molecule has 0 saturated heterocycles. The van der Waals surface area contributed by atoms with Gasteiger partial charge < -0.3 is 10.1 Å². The summed E-state index contributed by atoms with van der Waals surface area (Å²) in [5, 5.41) is 3.76. The third kappa shape index (κ3) is 6.42.